The molecule has 0 radical (unpaired) electrons. The van der Waals surface area contributed by atoms with Crippen LogP contribution in [0, 0.1) is 28.0 Å². The first-order chi connectivity index (χ1) is 15.2. The van der Waals surface area contributed by atoms with Crippen molar-refractivity contribution in [2.24, 2.45) is 0 Å². The van der Waals surface area contributed by atoms with Gasteiger partial charge in [-0.2, -0.15) is 31.6 Å². The van der Waals surface area contributed by atoms with Gasteiger partial charge in [-0.05, 0) is 30.3 Å². The minimum absolute atomic E-state index is 0.0211. The van der Waals surface area contributed by atoms with Gasteiger partial charge < -0.3 is 9.47 Å². The van der Waals surface area contributed by atoms with E-state index < -0.39 is 64.2 Å². The molecule has 0 atom stereocenters. The van der Waals surface area contributed by atoms with Crippen LogP contribution in [0.5, 0.6) is 5.75 Å². The predicted molar refractivity (Wildman–Crippen MR) is 98.7 cm³/mol. The molecular weight excluding hydrogens is 465 g/mol. The van der Waals surface area contributed by atoms with Crippen LogP contribution in [0.3, 0.4) is 0 Å². The SMILES string of the molecule is CN(C(=O)Oc1c(C(F)(F)F)cc(C(F)(F)F)c(C#N)c1C(=N)OC=N)c1ccc(F)cc1. The number of alkyl halides is 6. The average Bonchev–Trinajstić information content (AvgIpc) is 2.71. The molecule has 0 aliphatic rings. The van der Waals surface area contributed by atoms with Gasteiger partial charge in [0.05, 0.1) is 22.3 Å². The van der Waals surface area contributed by atoms with Gasteiger partial charge in [0.1, 0.15) is 11.9 Å². The van der Waals surface area contributed by atoms with E-state index >= 15 is 0 Å². The predicted octanol–water partition coefficient (Wildman–Crippen LogP) is 5.32. The number of benzene rings is 2. The first-order valence-electron chi connectivity index (χ1n) is 8.43. The normalized spacial score (nSPS) is 11.4. The van der Waals surface area contributed by atoms with Crippen molar-refractivity contribution in [3.63, 3.8) is 0 Å². The molecule has 0 aromatic heterocycles. The fourth-order valence-electron chi connectivity index (χ4n) is 2.58. The quantitative estimate of drug-likeness (QED) is 0.354. The van der Waals surface area contributed by atoms with Crippen LogP contribution in [0.2, 0.25) is 0 Å². The lowest BCUT2D eigenvalue weighted by Crippen LogP contribution is -2.31. The van der Waals surface area contributed by atoms with Crippen molar-refractivity contribution in [2.45, 2.75) is 12.4 Å². The summed E-state index contributed by atoms with van der Waals surface area (Å²) in [7, 11) is 1.01. The summed E-state index contributed by atoms with van der Waals surface area (Å²) in [6.45, 7) is 0. The van der Waals surface area contributed by atoms with Gasteiger partial charge in [0.2, 0.25) is 5.90 Å². The van der Waals surface area contributed by atoms with Crippen molar-refractivity contribution in [3.05, 3.63) is 58.4 Å². The summed E-state index contributed by atoms with van der Waals surface area (Å²) in [5.74, 6) is -3.79. The average molecular weight is 476 g/mol. The summed E-state index contributed by atoms with van der Waals surface area (Å²) >= 11 is 0. The maximum Gasteiger partial charge on any atom is 0.420 e. The molecule has 0 bridgehead atoms. The van der Waals surface area contributed by atoms with Crippen molar-refractivity contribution in [1.82, 2.24) is 0 Å². The van der Waals surface area contributed by atoms with E-state index in [1.807, 2.05) is 0 Å². The van der Waals surface area contributed by atoms with Crippen molar-refractivity contribution in [1.29, 1.82) is 16.1 Å². The number of anilines is 1. The van der Waals surface area contributed by atoms with Gasteiger partial charge in [0.25, 0.3) is 0 Å². The van der Waals surface area contributed by atoms with E-state index in [4.69, 9.17) is 10.8 Å². The zero-order valence-electron chi connectivity index (χ0n) is 16.2. The molecule has 2 N–H and O–H groups in total. The molecule has 1 amide bonds. The zero-order valence-corrected chi connectivity index (χ0v) is 16.2. The van der Waals surface area contributed by atoms with Gasteiger partial charge in [0, 0.05) is 12.7 Å². The van der Waals surface area contributed by atoms with E-state index in [2.05, 4.69) is 9.47 Å². The Bertz CT molecular complexity index is 1140. The standard InChI is InChI=1S/C19H11F7N4O3/c1-30(10-4-2-9(20)3-5-10)17(31)33-15-13(19(24,25)26)6-12(18(21,22)23)11(7-27)14(15)16(29)32-8-28/h2-6,8,28-29H,1H3. The monoisotopic (exact) mass is 476 g/mol. The molecule has 0 heterocycles. The van der Waals surface area contributed by atoms with Gasteiger partial charge in [-0.1, -0.05) is 0 Å². The molecule has 0 saturated heterocycles. The number of nitriles is 1. The van der Waals surface area contributed by atoms with E-state index in [-0.39, 0.29) is 12.1 Å². The molecule has 2 aromatic carbocycles. The second-order valence-corrected chi connectivity index (χ2v) is 6.13. The van der Waals surface area contributed by atoms with Crippen molar-refractivity contribution >= 4 is 24.1 Å². The number of ether oxygens (including phenoxy) is 2. The smallest absolute Gasteiger partial charge is 0.420 e. The highest BCUT2D eigenvalue weighted by atomic mass is 19.4. The third kappa shape index (κ3) is 5.37. The maximum absolute atomic E-state index is 13.6. The van der Waals surface area contributed by atoms with Crippen LogP contribution >= 0.6 is 0 Å². The summed E-state index contributed by atoms with van der Waals surface area (Å²) in [6, 6.07) is 4.58. The number of amides is 1. The van der Waals surface area contributed by atoms with E-state index in [9.17, 15) is 40.8 Å². The summed E-state index contributed by atoms with van der Waals surface area (Å²) in [5.41, 5.74) is -7.17. The molecular formula is C19H11F7N4O3. The third-order valence-corrected chi connectivity index (χ3v) is 4.08. The fourth-order valence-corrected chi connectivity index (χ4v) is 2.58. The van der Waals surface area contributed by atoms with Crippen LogP contribution in [0.4, 0.5) is 41.2 Å². The first kappa shape index (κ1) is 25.1. The number of carbonyl (C=O) groups excluding carboxylic acids is 1. The molecule has 2 aromatic rings. The van der Waals surface area contributed by atoms with Crippen molar-refractivity contribution in [2.75, 3.05) is 11.9 Å². The van der Waals surface area contributed by atoms with Crippen LogP contribution in [0.1, 0.15) is 22.3 Å². The lowest BCUT2D eigenvalue weighted by atomic mass is 9.95. The van der Waals surface area contributed by atoms with Crippen molar-refractivity contribution in [3.8, 4) is 11.8 Å². The Morgan fingerprint density at radius 2 is 1.64 bits per heavy atom. The molecule has 0 unspecified atom stereocenters. The highest BCUT2D eigenvalue weighted by molar-refractivity contribution is 6.02. The zero-order chi connectivity index (χ0) is 25.1. The number of rotatable bonds is 4. The molecule has 0 saturated carbocycles. The molecule has 0 aliphatic heterocycles. The molecule has 174 valence electrons. The Morgan fingerprint density at radius 3 is 2.09 bits per heavy atom. The fraction of sp³-hybridized carbons (Fsp3) is 0.158. The van der Waals surface area contributed by atoms with Gasteiger partial charge in [-0.3, -0.25) is 15.7 Å². The van der Waals surface area contributed by atoms with Gasteiger partial charge in [0.15, 0.2) is 12.2 Å². The summed E-state index contributed by atoms with van der Waals surface area (Å²) in [5, 5.41) is 23.7. The lowest BCUT2D eigenvalue weighted by Gasteiger charge is -2.23. The minimum atomic E-state index is -5.53. The first-order valence-corrected chi connectivity index (χ1v) is 8.43. The van der Waals surface area contributed by atoms with Gasteiger partial charge in [-0.15, -0.1) is 0 Å². The Balaban J connectivity index is 2.79. The molecule has 7 nitrogen and oxygen atoms in total. The second-order valence-electron chi connectivity index (χ2n) is 6.13. The number of halogens is 7. The summed E-state index contributed by atoms with van der Waals surface area (Å²) < 4.78 is 103. The molecule has 0 spiro atoms. The lowest BCUT2D eigenvalue weighted by molar-refractivity contribution is -0.143. The number of hydrogen-bond donors (Lipinski definition) is 2. The topological polar surface area (TPSA) is 110 Å². The minimum Gasteiger partial charge on any atom is -0.428 e. The van der Waals surface area contributed by atoms with E-state index in [0.717, 1.165) is 37.4 Å². The second kappa shape index (κ2) is 9.15. The van der Waals surface area contributed by atoms with Gasteiger partial charge >= 0.3 is 18.4 Å². The molecule has 14 heteroatoms. The number of nitrogens with one attached hydrogen (secondary N) is 2. The molecule has 0 fully saturated rings. The Labute approximate surface area is 180 Å². The van der Waals surface area contributed by atoms with Crippen LogP contribution in [-0.2, 0) is 17.1 Å². The Hall–Kier alpha value is -4.15. The molecule has 2 rings (SSSR count). The largest absolute Gasteiger partial charge is 0.428 e. The van der Waals surface area contributed by atoms with Crippen LogP contribution in [-0.4, -0.2) is 25.4 Å². The van der Waals surface area contributed by atoms with Crippen LogP contribution < -0.4 is 9.64 Å². The van der Waals surface area contributed by atoms with Crippen LogP contribution in [0.25, 0.3) is 0 Å². The van der Waals surface area contributed by atoms with Crippen molar-refractivity contribution < 1.29 is 45.0 Å². The van der Waals surface area contributed by atoms with Gasteiger partial charge in [-0.25, -0.2) is 9.18 Å². The highest BCUT2D eigenvalue weighted by Crippen LogP contribution is 2.45. The molecule has 33 heavy (non-hydrogen) atoms. The molecule has 0 aliphatic carbocycles. The summed E-state index contributed by atoms with van der Waals surface area (Å²) in [4.78, 5) is 13.1. The van der Waals surface area contributed by atoms with Crippen LogP contribution in [0.15, 0.2) is 30.3 Å². The maximum atomic E-state index is 13.6. The Kier molecular flexibility index (Phi) is 6.96. The number of hydrogen-bond acceptors (Lipinski definition) is 6. The number of carbonyl (C=O) groups is 1. The Morgan fingerprint density at radius 1 is 1.09 bits per heavy atom. The highest BCUT2D eigenvalue weighted by Gasteiger charge is 2.45. The van der Waals surface area contributed by atoms with E-state index in [1.54, 1.807) is 0 Å². The summed E-state index contributed by atoms with van der Waals surface area (Å²) in [6.07, 6.45) is -12.5. The number of nitrogens with zero attached hydrogens (tertiary/aromatic N) is 2. The third-order valence-electron chi connectivity index (χ3n) is 4.08. The van der Waals surface area contributed by atoms with E-state index in [1.165, 1.54) is 0 Å². The van der Waals surface area contributed by atoms with E-state index in [0.29, 0.717) is 4.90 Å².